The van der Waals surface area contributed by atoms with E-state index in [0.29, 0.717) is 56.9 Å². The first-order valence-electron chi connectivity index (χ1n) is 9.92. The predicted octanol–water partition coefficient (Wildman–Crippen LogP) is 2.79. The van der Waals surface area contributed by atoms with Gasteiger partial charge in [-0.05, 0) is 31.4 Å². The molecule has 0 aromatic heterocycles. The second kappa shape index (κ2) is 11.6. The number of unbranched alkanes of at least 4 members (excludes halogenated alkanes) is 1. The van der Waals surface area contributed by atoms with Gasteiger partial charge in [-0.1, -0.05) is 0 Å². The molecule has 2 heterocycles. The summed E-state index contributed by atoms with van der Waals surface area (Å²) in [6.45, 7) is 5.05. The van der Waals surface area contributed by atoms with E-state index in [-0.39, 0.29) is 5.91 Å². The van der Waals surface area contributed by atoms with Crippen LogP contribution in [-0.4, -0.2) is 69.4 Å². The summed E-state index contributed by atoms with van der Waals surface area (Å²) in [5.41, 5.74) is 1.48. The second-order valence-corrected chi connectivity index (χ2v) is 7.24. The first kappa shape index (κ1) is 21.3. The van der Waals surface area contributed by atoms with E-state index in [9.17, 15) is 4.79 Å². The zero-order chi connectivity index (χ0) is 19.6. The normalized spacial score (nSPS) is 18.8. The smallest absolute Gasteiger partial charge is 0.238 e. The first-order chi connectivity index (χ1) is 13.8. The van der Waals surface area contributed by atoms with Gasteiger partial charge in [-0.2, -0.15) is 0 Å². The van der Waals surface area contributed by atoms with E-state index in [4.69, 9.17) is 30.5 Å². The molecule has 28 heavy (non-hydrogen) atoms. The lowest BCUT2D eigenvalue weighted by Crippen LogP contribution is -2.41. The quantitative estimate of drug-likeness (QED) is 0.497. The molecule has 3 rings (SSSR count). The summed E-state index contributed by atoms with van der Waals surface area (Å²) >= 11 is 5.71. The van der Waals surface area contributed by atoms with Crippen LogP contribution in [0.2, 0.25) is 0 Å². The molecule has 1 N–H and O–H groups in total. The van der Waals surface area contributed by atoms with Gasteiger partial charge in [-0.15, -0.1) is 11.6 Å². The highest BCUT2D eigenvalue weighted by molar-refractivity contribution is 6.17. The summed E-state index contributed by atoms with van der Waals surface area (Å²) in [5.74, 6) is 1.26. The van der Waals surface area contributed by atoms with Crippen LogP contribution >= 0.6 is 11.6 Å². The highest BCUT2D eigenvalue weighted by Crippen LogP contribution is 2.32. The predicted molar refractivity (Wildman–Crippen MR) is 107 cm³/mol. The van der Waals surface area contributed by atoms with Crippen molar-refractivity contribution in [1.82, 2.24) is 4.90 Å². The van der Waals surface area contributed by atoms with Crippen molar-refractivity contribution in [2.45, 2.75) is 25.6 Å². The van der Waals surface area contributed by atoms with Crippen LogP contribution in [0.4, 0.5) is 5.69 Å². The van der Waals surface area contributed by atoms with Crippen LogP contribution in [-0.2, 0) is 19.0 Å². The highest BCUT2D eigenvalue weighted by atomic mass is 35.5. The highest BCUT2D eigenvalue weighted by Gasteiger charge is 2.22. The molecule has 2 saturated heterocycles. The van der Waals surface area contributed by atoms with Crippen molar-refractivity contribution >= 4 is 23.2 Å². The van der Waals surface area contributed by atoms with Gasteiger partial charge in [0.1, 0.15) is 5.75 Å². The average Bonchev–Trinajstić information content (AvgIpc) is 2.73. The van der Waals surface area contributed by atoms with Crippen LogP contribution in [0, 0.1) is 0 Å². The van der Waals surface area contributed by atoms with Crippen molar-refractivity contribution < 1.29 is 23.7 Å². The third-order valence-electron chi connectivity index (χ3n) is 4.65. The Balaban J connectivity index is 1.67. The molecule has 0 unspecified atom stereocenters. The van der Waals surface area contributed by atoms with E-state index in [0.717, 1.165) is 37.9 Å². The Kier molecular flexibility index (Phi) is 8.82. The van der Waals surface area contributed by atoms with Gasteiger partial charge in [0.15, 0.2) is 6.29 Å². The van der Waals surface area contributed by atoms with Gasteiger partial charge in [-0.3, -0.25) is 9.69 Å². The van der Waals surface area contributed by atoms with Gasteiger partial charge in [-0.25, -0.2) is 0 Å². The SMILES string of the molecule is O=C(CN1CCOCC1)Nc1cc(OCCCCCl)ccc1C1OCCCO1. The molecular formula is C20H29ClN2O5. The van der Waals surface area contributed by atoms with Crippen LogP contribution in [0.15, 0.2) is 18.2 Å². The summed E-state index contributed by atoms with van der Waals surface area (Å²) in [6.07, 6.45) is 2.19. The molecule has 0 radical (unpaired) electrons. The Morgan fingerprint density at radius 2 is 1.96 bits per heavy atom. The number of benzene rings is 1. The minimum atomic E-state index is -0.474. The van der Waals surface area contributed by atoms with Crippen molar-refractivity contribution in [1.29, 1.82) is 0 Å². The molecule has 7 nitrogen and oxygen atoms in total. The Hall–Kier alpha value is -1.38. The number of hydrogen-bond donors (Lipinski definition) is 1. The van der Waals surface area contributed by atoms with Gasteiger partial charge in [0.05, 0.1) is 45.3 Å². The number of hydrogen-bond acceptors (Lipinski definition) is 6. The first-order valence-corrected chi connectivity index (χ1v) is 10.5. The third-order valence-corrected chi connectivity index (χ3v) is 4.91. The van der Waals surface area contributed by atoms with E-state index < -0.39 is 6.29 Å². The molecule has 8 heteroatoms. The number of nitrogens with zero attached hydrogens (tertiary/aromatic N) is 1. The minimum Gasteiger partial charge on any atom is -0.494 e. The lowest BCUT2D eigenvalue weighted by atomic mass is 10.1. The van der Waals surface area contributed by atoms with Gasteiger partial charge in [0, 0.05) is 30.6 Å². The molecule has 2 fully saturated rings. The van der Waals surface area contributed by atoms with E-state index >= 15 is 0 Å². The molecule has 0 spiro atoms. The van der Waals surface area contributed by atoms with Crippen LogP contribution in [0.25, 0.3) is 0 Å². The maximum Gasteiger partial charge on any atom is 0.238 e. The van der Waals surface area contributed by atoms with Crippen molar-refractivity contribution in [3.63, 3.8) is 0 Å². The van der Waals surface area contributed by atoms with Gasteiger partial charge in [0.25, 0.3) is 0 Å². The number of halogens is 1. The van der Waals surface area contributed by atoms with Gasteiger partial charge in [0.2, 0.25) is 5.91 Å². The van der Waals surface area contributed by atoms with Gasteiger partial charge < -0.3 is 24.3 Å². The average molecular weight is 413 g/mol. The van der Waals surface area contributed by atoms with Crippen molar-refractivity contribution in [2.75, 3.05) is 63.9 Å². The fraction of sp³-hybridized carbons (Fsp3) is 0.650. The van der Waals surface area contributed by atoms with E-state index in [2.05, 4.69) is 10.2 Å². The molecule has 1 aromatic rings. The number of morpholine rings is 1. The fourth-order valence-corrected chi connectivity index (χ4v) is 3.33. The summed E-state index contributed by atoms with van der Waals surface area (Å²) in [5, 5.41) is 3.01. The summed E-state index contributed by atoms with van der Waals surface area (Å²) in [7, 11) is 0. The third kappa shape index (κ3) is 6.60. The van der Waals surface area contributed by atoms with Crippen LogP contribution < -0.4 is 10.1 Å². The molecule has 1 aromatic carbocycles. The molecule has 1 amide bonds. The maximum absolute atomic E-state index is 12.6. The van der Waals surface area contributed by atoms with Crippen LogP contribution in [0.1, 0.15) is 31.1 Å². The van der Waals surface area contributed by atoms with Gasteiger partial charge >= 0.3 is 0 Å². The number of alkyl halides is 1. The molecular weight excluding hydrogens is 384 g/mol. The fourth-order valence-electron chi connectivity index (χ4n) is 3.14. The molecule has 156 valence electrons. The zero-order valence-corrected chi connectivity index (χ0v) is 16.9. The molecule has 2 aliphatic heterocycles. The lowest BCUT2D eigenvalue weighted by Gasteiger charge is -2.27. The Morgan fingerprint density at radius 3 is 2.71 bits per heavy atom. The number of amides is 1. The monoisotopic (exact) mass is 412 g/mol. The minimum absolute atomic E-state index is 0.0711. The second-order valence-electron chi connectivity index (χ2n) is 6.86. The van der Waals surface area contributed by atoms with Crippen LogP contribution in [0.5, 0.6) is 5.75 Å². The number of anilines is 1. The molecule has 0 atom stereocenters. The molecule has 2 aliphatic rings. The number of carbonyl (C=O) groups excluding carboxylic acids is 1. The van der Waals surface area contributed by atoms with E-state index in [1.807, 2.05) is 18.2 Å². The summed E-state index contributed by atoms with van der Waals surface area (Å²) < 4.78 is 22.6. The Labute approximate surface area is 171 Å². The molecule has 0 aliphatic carbocycles. The summed E-state index contributed by atoms with van der Waals surface area (Å²) in [6, 6.07) is 5.63. The lowest BCUT2D eigenvalue weighted by molar-refractivity contribution is -0.182. The zero-order valence-electron chi connectivity index (χ0n) is 16.2. The number of rotatable bonds is 9. The van der Waals surface area contributed by atoms with Crippen LogP contribution in [0.3, 0.4) is 0 Å². The topological polar surface area (TPSA) is 69.3 Å². The molecule has 0 bridgehead atoms. The Bertz CT molecular complexity index is 619. The molecule has 0 saturated carbocycles. The Morgan fingerprint density at radius 1 is 1.18 bits per heavy atom. The number of carbonyl (C=O) groups is 1. The van der Waals surface area contributed by atoms with Crippen molar-refractivity contribution in [3.05, 3.63) is 23.8 Å². The van der Waals surface area contributed by atoms with Crippen molar-refractivity contribution in [3.8, 4) is 5.75 Å². The standard InChI is InChI=1S/C20H29ClN2O5/c21-6-1-2-9-26-16-4-5-17(20-27-10-3-11-28-20)18(14-16)22-19(24)15-23-7-12-25-13-8-23/h4-5,14,20H,1-3,6-13,15H2,(H,22,24). The maximum atomic E-state index is 12.6. The van der Waals surface area contributed by atoms with E-state index in [1.165, 1.54) is 0 Å². The largest absolute Gasteiger partial charge is 0.494 e. The summed E-state index contributed by atoms with van der Waals surface area (Å²) in [4.78, 5) is 14.7. The van der Waals surface area contributed by atoms with E-state index in [1.54, 1.807) is 0 Å². The number of nitrogens with one attached hydrogen (secondary N) is 1. The number of ether oxygens (including phenoxy) is 4. The van der Waals surface area contributed by atoms with Crippen molar-refractivity contribution in [2.24, 2.45) is 0 Å².